The second kappa shape index (κ2) is 4.82. The summed E-state index contributed by atoms with van der Waals surface area (Å²) in [5.74, 6) is 0. The summed E-state index contributed by atoms with van der Waals surface area (Å²) in [4.78, 5) is 0. The minimum absolute atomic E-state index is 0.0478. The van der Waals surface area contributed by atoms with Crippen LogP contribution in [0.15, 0.2) is 42.5 Å². The first-order valence-corrected chi connectivity index (χ1v) is 5.76. The van der Waals surface area contributed by atoms with Gasteiger partial charge in [0.1, 0.15) is 0 Å². The maximum atomic E-state index is 12.9. The van der Waals surface area contributed by atoms with Crippen LogP contribution < -0.4 is 0 Å². The van der Waals surface area contributed by atoms with Crippen molar-refractivity contribution >= 4 is 23.2 Å². The second-order valence-corrected chi connectivity index (χ2v) is 4.57. The molecule has 0 heterocycles. The molecule has 0 aliphatic rings. The molecule has 0 nitrogen and oxygen atoms in total. The lowest BCUT2D eigenvalue weighted by Crippen LogP contribution is -2.06. The van der Waals surface area contributed by atoms with Crippen molar-refractivity contribution in [3.63, 3.8) is 0 Å². The Morgan fingerprint density at radius 2 is 1.33 bits per heavy atom. The summed E-state index contributed by atoms with van der Waals surface area (Å²) >= 11 is 11.5. The van der Waals surface area contributed by atoms with E-state index in [2.05, 4.69) is 0 Å². The van der Waals surface area contributed by atoms with Gasteiger partial charge in [0.05, 0.1) is 5.56 Å². The molecule has 0 aliphatic carbocycles. The minimum atomic E-state index is -4.42. The number of hydrogen-bond acceptors (Lipinski definition) is 0. The zero-order valence-electron chi connectivity index (χ0n) is 8.93. The van der Waals surface area contributed by atoms with E-state index < -0.39 is 11.7 Å². The molecule has 0 fully saturated rings. The predicted octanol–water partition coefficient (Wildman–Crippen LogP) is 5.68. The van der Waals surface area contributed by atoms with Crippen molar-refractivity contribution in [3.05, 3.63) is 58.1 Å². The Kier molecular flexibility index (Phi) is 3.55. The van der Waals surface area contributed by atoms with Crippen LogP contribution in [-0.2, 0) is 6.18 Å². The normalized spacial score (nSPS) is 11.6. The van der Waals surface area contributed by atoms with E-state index >= 15 is 0 Å². The lowest BCUT2D eigenvalue weighted by Gasteiger charge is -2.13. The maximum absolute atomic E-state index is 12.9. The Balaban J connectivity index is 2.62. The summed E-state index contributed by atoms with van der Waals surface area (Å²) in [6.45, 7) is 0. The topological polar surface area (TPSA) is 0 Å². The van der Waals surface area contributed by atoms with Gasteiger partial charge < -0.3 is 0 Å². The predicted molar refractivity (Wildman–Crippen MR) is 66.9 cm³/mol. The first-order chi connectivity index (χ1) is 8.38. The van der Waals surface area contributed by atoms with Gasteiger partial charge in [-0.2, -0.15) is 13.2 Å². The molecule has 0 atom stereocenters. The van der Waals surface area contributed by atoms with Crippen molar-refractivity contribution in [3.8, 4) is 11.1 Å². The Morgan fingerprint density at radius 3 is 1.89 bits per heavy atom. The lowest BCUT2D eigenvalue weighted by molar-refractivity contribution is -0.137. The van der Waals surface area contributed by atoms with Crippen LogP contribution in [0.2, 0.25) is 10.0 Å². The Bertz CT molecular complexity index is 559. The van der Waals surface area contributed by atoms with Gasteiger partial charge in [-0.3, -0.25) is 0 Å². The van der Waals surface area contributed by atoms with Gasteiger partial charge in [-0.25, -0.2) is 0 Å². The van der Waals surface area contributed by atoms with Crippen LogP contribution in [0.1, 0.15) is 5.56 Å². The molecule has 0 aliphatic heterocycles. The van der Waals surface area contributed by atoms with Gasteiger partial charge in [0.25, 0.3) is 0 Å². The van der Waals surface area contributed by atoms with E-state index in [1.807, 2.05) is 0 Å². The molecular formula is C13H7Cl2F3. The fraction of sp³-hybridized carbons (Fsp3) is 0.0769. The molecule has 0 spiro atoms. The molecule has 18 heavy (non-hydrogen) atoms. The first-order valence-electron chi connectivity index (χ1n) is 5.00. The van der Waals surface area contributed by atoms with E-state index in [-0.39, 0.29) is 10.6 Å². The highest BCUT2D eigenvalue weighted by Crippen LogP contribution is 2.38. The highest BCUT2D eigenvalue weighted by atomic mass is 35.5. The van der Waals surface area contributed by atoms with Crippen molar-refractivity contribution < 1.29 is 13.2 Å². The monoisotopic (exact) mass is 290 g/mol. The van der Waals surface area contributed by atoms with Crippen LogP contribution in [0.25, 0.3) is 11.1 Å². The lowest BCUT2D eigenvalue weighted by atomic mass is 9.99. The van der Waals surface area contributed by atoms with Crippen LogP contribution in [-0.4, -0.2) is 0 Å². The van der Waals surface area contributed by atoms with Crippen LogP contribution in [0.5, 0.6) is 0 Å². The van der Waals surface area contributed by atoms with Gasteiger partial charge in [-0.15, -0.1) is 0 Å². The molecule has 0 saturated heterocycles. The van der Waals surface area contributed by atoms with E-state index in [4.69, 9.17) is 23.2 Å². The van der Waals surface area contributed by atoms with Gasteiger partial charge in [0.15, 0.2) is 0 Å². The third-order valence-electron chi connectivity index (χ3n) is 2.44. The molecule has 0 aromatic heterocycles. The summed E-state index contributed by atoms with van der Waals surface area (Å²) in [5.41, 5.74) is -0.241. The Labute approximate surface area is 112 Å². The summed E-state index contributed by atoms with van der Waals surface area (Å²) in [7, 11) is 0. The molecule has 0 saturated carbocycles. The zero-order chi connectivity index (χ0) is 13.3. The van der Waals surface area contributed by atoms with Gasteiger partial charge in [-0.1, -0.05) is 35.3 Å². The maximum Gasteiger partial charge on any atom is 0.417 e. The quantitative estimate of drug-likeness (QED) is 0.634. The molecule has 0 unspecified atom stereocenters. The molecule has 0 radical (unpaired) electrons. The Hall–Kier alpha value is -1.19. The van der Waals surface area contributed by atoms with E-state index in [1.54, 1.807) is 0 Å². The van der Waals surface area contributed by atoms with Crippen molar-refractivity contribution in [2.45, 2.75) is 6.18 Å². The molecule has 0 amide bonds. The molecule has 5 heteroatoms. The Morgan fingerprint density at radius 1 is 0.778 bits per heavy atom. The molecular weight excluding hydrogens is 284 g/mol. The van der Waals surface area contributed by atoms with Gasteiger partial charge in [-0.05, 0) is 41.5 Å². The van der Waals surface area contributed by atoms with Crippen molar-refractivity contribution in [2.75, 3.05) is 0 Å². The van der Waals surface area contributed by atoms with Crippen LogP contribution >= 0.6 is 23.2 Å². The number of hydrogen-bond donors (Lipinski definition) is 0. The van der Waals surface area contributed by atoms with Gasteiger partial charge >= 0.3 is 6.18 Å². The molecule has 2 aromatic rings. The van der Waals surface area contributed by atoms with Crippen LogP contribution in [0.3, 0.4) is 0 Å². The van der Waals surface area contributed by atoms with E-state index in [1.165, 1.54) is 36.4 Å². The second-order valence-electron chi connectivity index (χ2n) is 3.69. The molecule has 0 bridgehead atoms. The SMILES string of the molecule is FC(F)(F)c1ccc(Cl)cc1-c1ccc(Cl)cc1. The number of alkyl halides is 3. The highest BCUT2D eigenvalue weighted by molar-refractivity contribution is 6.31. The van der Waals surface area contributed by atoms with E-state index in [0.717, 1.165) is 6.07 Å². The molecule has 2 aromatic carbocycles. The van der Waals surface area contributed by atoms with E-state index in [9.17, 15) is 13.2 Å². The average Bonchev–Trinajstić information content (AvgIpc) is 2.28. The summed E-state index contributed by atoms with van der Waals surface area (Å²) < 4.78 is 38.6. The fourth-order valence-corrected chi connectivity index (χ4v) is 1.93. The van der Waals surface area contributed by atoms with Crippen LogP contribution in [0.4, 0.5) is 13.2 Å². The summed E-state index contributed by atoms with van der Waals surface area (Å²) in [6, 6.07) is 9.64. The van der Waals surface area contributed by atoms with Gasteiger partial charge in [0.2, 0.25) is 0 Å². The molecule has 2 rings (SSSR count). The number of benzene rings is 2. The number of halogens is 5. The third kappa shape index (κ3) is 2.79. The summed E-state index contributed by atoms with van der Waals surface area (Å²) in [6.07, 6.45) is -4.42. The summed E-state index contributed by atoms with van der Waals surface area (Å²) in [5, 5.41) is 0.724. The van der Waals surface area contributed by atoms with Crippen molar-refractivity contribution in [1.82, 2.24) is 0 Å². The largest absolute Gasteiger partial charge is 0.417 e. The van der Waals surface area contributed by atoms with Crippen molar-refractivity contribution in [1.29, 1.82) is 0 Å². The minimum Gasteiger partial charge on any atom is -0.166 e. The standard InChI is InChI=1S/C13H7Cl2F3/c14-9-3-1-8(2-4-9)11-7-10(15)5-6-12(11)13(16,17)18/h1-7H. The average molecular weight is 291 g/mol. The molecule has 94 valence electrons. The smallest absolute Gasteiger partial charge is 0.166 e. The third-order valence-corrected chi connectivity index (χ3v) is 2.93. The van der Waals surface area contributed by atoms with Crippen molar-refractivity contribution in [2.24, 2.45) is 0 Å². The number of rotatable bonds is 1. The fourth-order valence-electron chi connectivity index (χ4n) is 1.63. The zero-order valence-corrected chi connectivity index (χ0v) is 10.4. The first kappa shape index (κ1) is 13.2. The molecule has 0 N–H and O–H groups in total. The highest BCUT2D eigenvalue weighted by Gasteiger charge is 2.33. The van der Waals surface area contributed by atoms with E-state index in [0.29, 0.717) is 10.6 Å². The van der Waals surface area contributed by atoms with Crippen LogP contribution in [0, 0.1) is 0 Å². The van der Waals surface area contributed by atoms with Gasteiger partial charge in [0, 0.05) is 10.0 Å².